The van der Waals surface area contributed by atoms with Gasteiger partial charge in [0.25, 0.3) is 0 Å². The number of halogens is 1. The Kier molecular flexibility index (Phi) is 5.17. The Hall–Kier alpha value is -1.60. The summed E-state index contributed by atoms with van der Waals surface area (Å²) in [6.07, 6.45) is 1.72. The molecule has 0 radical (unpaired) electrons. The van der Waals surface area contributed by atoms with E-state index in [0.29, 0.717) is 0 Å². The van der Waals surface area contributed by atoms with Gasteiger partial charge in [-0.3, -0.25) is 4.99 Å². The predicted octanol–water partition coefficient (Wildman–Crippen LogP) is 3.89. The molecule has 0 unspecified atom stereocenters. The quantitative estimate of drug-likeness (QED) is 0.603. The third kappa shape index (κ3) is 4.03. The fraction of sp³-hybridized carbons (Fsp3) is 0.278. The molecule has 0 spiro atoms. The van der Waals surface area contributed by atoms with Crippen LogP contribution in [0.1, 0.15) is 11.1 Å². The van der Waals surface area contributed by atoms with Crippen molar-refractivity contribution in [3.05, 3.63) is 51.1 Å². The number of nitrogens with zero attached hydrogens (tertiary/aromatic N) is 2. The van der Waals surface area contributed by atoms with Gasteiger partial charge in [-0.15, -0.1) is 0 Å². The molecule has 2 aromatic rings. The van der Waals surface area contributed by atoms with Crippen molar-refractivity contribution in [3.8, 4) is 5.75 Å². The SMILES string of the molecule is Cc1cc(I)c(O)c(C=Nc2ccc(N3CCOCC3)cc2)c1. The van der Waals surface area contributed by atoms with Gasteiger partial charge >= 0.3 is 0 Å². The molecule has 1 fully saturated rings. The number of hydrogen-bond donors (Lipinski definition) is 1. The van der Waals surface area contributed by atoms with Gasteiger partial charge in [0.1, 0.15) is 5.75 Å². The molecule has 4 nitrogen and oxygen atoms in total. The highest BCUT2D eigenvalue weighted by Gasteiger charge is 2.10. The summed E-state index contributed by atoms with van der Waals surface area (Å²) in [5, 5.41) is 10.1. The Morgan fingerprint density at radius 1 is 1.17 bits per heavy atom. The molecule has 1 N–H and O–H groups in total. The monoisotopic (exact) mass is 422 g/mol. The van der Waals surface area contributed by atoms with Crippen LogP contribution < -0.4 is 4.90 Å². The number of rotatable bonds is 3. The van der Waals surface area contributed by atoms with Crippen LogP contribution in [0.2, 0.25) is 0 Å². The maximum absolute atomic E-state index is 10.1. The van der Waals surface area contributed by atoms with Crippen LogP contribution in [0.15, 0.2) is 41.4 Å². The molecule has 0 atom stereocenters. The topological polar surface area (TPSA) is 45.1 Å². The molecule has 0 saturated carbocycles. The second-order valence-electron chi connectivity index (χ2n) is 5.56. The Morgan fingerprint density at radius 2 is 1.87 bits per heavy atom. The highest BCUT2D eigenvalue weighted by atomic mass is 127. The average molecular weight is 422 g/mol. The van der Waals surface area contributed by atoms with E-state index in [0.717, 1.165) is 46.7 Å². The summed E-state index contributed by atoms with van der Waals surface area (Å²) in [6, 6.07) is 12.0. The van der Waals surface area contributed by atoms with Crippen molar-refractivity contribution >= 4 is 40.2 Å². The summed E-state index contributed by atoms with van der Waals surface area (Å²) in [4.78, 5) is 6.79. The van der Waals surface area contributed by atoms with Crippen molar-refractivity contribution in [2.75, 3.05) is 31.2 Å². The Morgan fingerprint density at radius 3 is 2.57 bits per heavy atom. The maximum atomic E-state index is 10.1. The smallest absolute Gasteiger partial charge is 0.137 e. The van der Waals surface area contributed by atoms with Gasteiger partial charge in [0.15, 0.2) is 0 Å². The van der Waals surface area contributed by atoms with E-state index >= 15 is 0 Å². The van der Waals surface area contributed by atoms with Crippen molar-refractivity contribution in [1.29, 1.82) is 0 Å². The third-order valence-corrected chi connectivity index (χ3v) is 4.64. The molecular formula is C18H19IN2O2. The van der Waals surface area contributed by atoms with Gasteiger partial charge in [-0.1, -0.05) is 0 Å². The van der Waals surface area contributed by atoms with Crippen LogP contribution in [-0.4, -0.2) is 37.6 Å². The summed E-state index contributed by atoms with van der Waals surface area (Å²) in [5.41, 5.74) is 3.92. The lowest BCUT2D eigenvalue weighted by Gasteiger charge is -2.28. The van der Waals surface area contributed by atoms with Crippen molar-refractivity contribution in [2.45, 2.75) is 6.92 Å². The molecule has 0 aliphatic carbocycles. The summed E-state index contributed by atoms with van der Waals surface area (Å²) < 4.78 is 6.21. The van der Waals surface area contributed by atoms with E-state index in [4.69, 9.17) is 4.74 Å². The van der Waals surface area contributed by atoms with Gasteiger partial charge in [-0.2, -0.15) is 0 Å². The first-order chi connectivity index (χ1) is 11.1. The molecule has 1 heterocycles. The highest BCUT2D eigenvalue weighted by molar-refractivity contribution is 14.1. The molecule has 0 aromatic heterocycles. The number of phenols is 1. The molecule has 0 bridgehead atoms. The summed E-state index contributed by atoms with van der Waals surface area (Å²) >= 11 is 2.13. The van der Waals surface area contributed by atoms with E-state index < -0.39 is 0 Å². The first-order valence-corrected chi connectivity index (χ1v) is 8.67. The van der Waals surface area contributed by atoms with Gasteiger partial charge in [0.05, 0.1) is 22.5 Å². The number of anilines is 1. The van der Waals surface area contributed by atoms with Gasteiger partial charge in [-0.05, 0) is 71.5 Å². The van der Waals surface area contributed by atoms with Crippen LogP contribution >= 0.6 is 22.6 Å². The number of morpholine rings is 1. The van der Waals surface area contributed by atoms with E-state index in [9.17, 15) is 5.11 Å². The van der Waals surface area contributed by atoms with E-state index in [1.165, 1.54) is 5.69 Å². The van der Waals surface area contributed by atoms with Gasteiger partial charge < -0.3 is 14.7 Å². The van der Waals surface area contributed by atoms with Crippen LogP contribution in [0, 0.1) is 10.5 Å². The van der Waals surface area contributed by atoms with Crippen molar-refractivity contribution in [2.24, 2.45) is 4.99 Å². The number of hydrogen-bond acceptors (Lipinski definition) is 4. The number of aryl methyl sites for hydroxylation is 1. The lowest BCUT2D eigenvalue weighted by Crippen LogP contribution is -2.36. The number of aliphatic imine (C=N–C) groups is 1. The molecule has 23 heavy (non-hydrogen) atoms. The summed E-state index contributed by atoms with van der Waals surface area (Å²) in [5.74, 6) is 0.282. The predicted molar refractivity (Wildman–Crippen MR) is 102 cm³/mol. The van der Waals surface area contributed by atoms with Gasteiger partial charge in [0.2, 0.25) is 0 Å². The molecular weight excluding hydrogens is 403 g/mol. The molecule has 120 valence electrons. The minimum Gasteiger partial charge on any atom is -0.506 e. The largest absolute Gasteiger partial charge is 0.506 e. The van der Waals surface area contributed by atoms with Crippen molar-refractivity contribution in [3.63, 3.8) is 0 Å². The Labute approximate surface area is 149 Å². The van der Waals surface area contributed by atoms with E-state index in [1.807, 2.05) is 31.2 Å². The molecule has 1 aliphatic rings. The van der Waals surface area contributed by atoms with Gasteiger partial charge in [0, 0.05) is 30.6 Å². The lowest BCUT2D eigenvalue weighted by molar-refractivity contribution is 0.122. The second kappa shape index (κ2) is 7.31. The van der Waals surface area contributed by atoms with Crippen LogP contribution in [0.5, 0.6) is 5.75 Å². The van der Waals surface area contributed by atoms with Crippen molar-refractivity contribution < 1.29 is 9.84 Å². The Balaban J connectivity index is 1.75. The zero-order valence-electron chi connectivity index (χ0n) is 13.0. The molecule has 0 amide bonds. The number of ether oxygens (including phenoxy) is 1. The fourth-order valence-corrected chi connectivity index (χ4v) is 3.38. The third-order valence-electron chi connectivity index (χ3n) is 3.82. The van der Waals surface area contributed by atoms with E-state index in [-0.39, 0.29) is 5.75 Å². The van der Waals surface area contributed by atoms with Crippen molar-refractivity contribution in [1.82, 2.24) is 0 Å². The molecule has 2 aromatic carbocycles. The van der Waals surface area contributed by atoms with Crippen LogP contribution in [0.25, 0.3) is 0 Å². The molecule has 1 saturated heterocycles. The number of aromatic hydroxyl groups is 1. The number of benzene rings is 2. The Bertz CT molecular complexity index is 708. The number of phenolic OH excluding ortho intramolecular Hbond substituents is 1. The van der Waals surface area contributed by atoms with Gasteiger partial charge in [-0.25, -0.2) is 0 Å². The zero-order valence-corrected chi connectivity index (χ0v) is 15.2. The molecule has 1 aliphatic heterocycles. The zero-order chi connectivity index (χ0) is 16.2. The maximum Gasteiger partial charge on any atom is 0.137 e. The second-order valence-corrected chi connectivity index (χ2v) is 6.72. The first-order valence-electron chi connectivity index (χ1n) is 7.59. The summed E-state index contributed by atoms with van der Waals surface area (Å²) in [6.45, 7) is 5.43. The van der Waals surface area contributed by atoms with E-state index in [1.54, 1.807) is 6.21 Å². The minimum absolute atomic E-state index is 0.282. The normalized spacial score (nSPS) is 15.3. The van der Waals surface area contributed by atoms with Crippen LogP contribution in [-0.2, 0) is 4.74 Å². The lowest BCUT2D eigenvalue weighted by atomic mass is 10.1. The first kappa shape index (κ1) is 16.3. The minimum atomic E-state index is 0.282. The average Bonchev–Trinajstić information content (AvgIpc) is 2.58. The molecule has 3 rings (SSSR count). The summed E-state index contributed by atoms with van der Waals surface area (Å²) in [7, 11) is 0. The van der Waals surface area contributed by atoms with Crippen LogP contribution in [0.4, 0.5) is 11.4 Å². The highest BCUT2D eigenvalue weighted by Crippen LogP contribution is 2.26. The standard InChI is InChI=1S/C18H19IN2O2/c1-13-10-14(18(22)17(19)11-13)12-20-15-2-4-16(5-3-15)21-6-8-23-9-7-21/h2-5,10-12,22H,6-9H2,1H3. The fourth-order valence-electron chi connectivity index (χ4n) is 2.57. The van der Waals surface area contributed by atoms with E-state index in [2.05, 4.69) is 44.6 Å². The molecule has 5 heteroatoms. The van der Waals surface area contributed by atoms with Crippen LogP contribution in [0.3, 0.4) is 0 Å².